The summed E-state index contributed by atoms with van der Waals surface area (Å²) < 4.78 is 0. The van der Waals surface area contributed by atoms with Gasteiger partial charge in [-0.25, -0.2) is 9.78 Å². The summed E-state index contributed by atoms with van der Waals surface area (Å²) in [6, 6.07) is -2.97. The molecule has 32 heavy (non-hydrogen) atoms. The lowest BCUT2D eigenvalue weighted by Crippen LogP contribution is -2.58. The van der Waals surface area contributed by atoms with E-state index in [-0.39, 0.29) is 30.2 Å². The number of hydrogen-bond acceptors (Lipinski definition) is 6. The zero-order valence-electron chi connectivity index (χ0n) is 18.5. The maximum atomic E-state index is 13.3. The molecule has 3 amide bonds. The molecule has 176 valence electrons. The van der Waals surface area contributed by atoms with Crippen LogP contribution in [-0.2, 0) is 25.6 Å². The fourth-order valence-electron chi connectivity index (χ4n) is 4.24. The molecule has 0 aromatic carbocycles. The van der Waals surface area contributed by atoms with Crippen molar-refractivity contribution in [3.8, 4) is 0 Å². The highest BCUT2D eigenvalue weighted by Gasteiger charge is 2.40. The zero-order valence-corrected chi connectivity index (χ0v) is 18.5. The summed E-state index contributed by atoms with van der Waals surface area (Å²) in [5.74, 6) is -2.36. The molecule has 2 aliphatic rings. The van der Waals surface area contributed by atoms with E-state index < -0.39 is 30.0 Å². The van der Waals surface area contributed by atoms with Crippen LogP contribution in [0.2, 0.25) is 0 Å². The molecule has 11 heteroatoms. The summed E-state index contributed by atoms with van der Waals surface area (Å²) in [5.41, 5.74) is 0.583. The van der Waals surface area contributed by atoms with E-state index in [4.69, 9.17) is 0 Å². The minimum absolute atomic E-state index is 0.0564. The third-order valence-corrected chi connectivity index (χ3v) is 6.04. The Labute approximate surface area is 186 Å². The Bertz CT molecular complexity index is 821. The predicted molar refractivity (Wildman–Crippen MR) is 114 cm³/mol. The molecule has 2 fully saturated rings. The van der Waals surface area contributed by atoms with Gasteiger partial charge in [0.2, 0.25) is 17.7 Å². The molecule has 3 heterocycles. The summed E-state index contributed by atoms with van der Waals surface area (Å²) in [6.07, 6.45) is 5.71. The molecule has 11 nitrogen and oxygen atoms in total. The van der Waals surface area contributed by atoms with E-state index in [0.717, 1.165) is 19.4 Å². The van der Waals surface area contributed by atoms with Gasteiger partial charge in [-0.3, -0.25) is 14.4 Å². The van der Waals surface area contributed by atoms with Crippen LogP contribution in [0, 0.1) is 5.92 Å². The number of carboxylic acids is 1. The third kappa shape index (κ3) is 5.64. The topological polar surface area (TPSA) is 157 Å². The van der Waals surface area contributed by atoms with Gasteiger partial charge in [0.1, 0.15) is 18.1 Å². The summed E-state index contributed by atoms with van der Waals surface area (Å²) in [5, 5.41) is 18.1. The SMILES string of the molecule is CC(C)C(NC(=O)C1CCCN1)C(=O)N1CCCC1C(=O)NC(Cc1cnc[nH]1)C(=O)O. The number of aliphatic carboxylic acids is 1. The number of aromatic nitrogens is 2. The van der Waals surface area contributed by atoms with Crippen molar-refractivity contribution in [2.45, 2.75) is 70.1 Å². The molecule has 4 unspecified atom stereocenters. The van der Waals surface area contributed by atoms with Crippen molar-refractivity contribution in [2.24, 2.45) is 5.92 Å². The van der Waals surface area contributed by atoms with Gasteiger partial charge in [-0.15, -0.1) is 0 Å². The van der Waals surface area contributed by atoms with E-state index in [1.807, 2.05) is 13.8 Å². The van der Waals surface area contributed by atoms with Crippen LogP contribution in [-0.4, -0.2) is 80.9 Å². The first-order valence-corrected chi connectivity index (χ1v) is 11.1. The zero-order chi connectivity index (χ0) is 23.3. The van der Waals surface area contributed by atoms with Crippen molar-refractivity contribution >= 4 is 23.7 Å². The molecular weight excluding hydrogens is 416 g/mol. The molecule has 0 aliphatic carbocycles. The summed E-state index contributed by atoms with van der Waals surface area (Å²) in [4.78, 5) is 58.6. The molecule has 4 atom stereocenters. The number of amides is 3. The Morgan fingerprint density at radius 1 is 1.19 bits per heavy atom. The third-order valence-electron chi connectivity index (χ3n) is 6.04. The molecule has 2 aliphatic heterocycles. The number of H-pyrrole nitrogens is 1. The number of rotatable bonds is 9. The summed E-state index contributed by atoms with van der Waals surface area (Å²) in [6.45, 7) is 4.86. The maximum absolute atomic E-state index is 13.3. The van der Waals surface area contributed by atoms with E-state index in [9.17, 15) is 24.3 Å². The van der Waals surface area contributed by atoms with E-state index in [1.54, 1.807) is 0 Å². The first-order chi connectivity index (χ1) is 15.3. The molecular formula is C21H32N6O5. The number of imidazole rings is 1. The molecule has 0 bridgehead atoms. The van der Waals surface area contributed by atoms with Crippen LogP contribution in [0.25, 0.3) is 0 Å². The van der Waals surface area contributed by atoms with Gasteiger partial charge in [0.25, 0.3) is 0 Å². The van der Waals surface area contributed by atoms with Crippen LogP contribution >= 0.6 is 0 Å². The first kappa shape index (κ1) is 23.7. The minimum atomic E-state index is -1.17. The summed E-state index contributed by atoms with van der Waals surface area (Å²) in [7, 11) is 0. The second kappa shape index (κ2) is 10.6. The van der Waals surface area contributed by atoms with Crippen molar-refractivity contribution < 1.29 is 24.3 Å². The van der Waals surface area contributed by atoms with Gasteiger partial charge in [-0.2, -0.15) is 0 Å². The van der Waals surface area contributed by atoms with Crippen molar-refractivity contribution in [1.82, 2.24) is 30.8 Å². The molecule has 0 radical (unpaired) electrons. The smallest absolute Gasteiger partial charge is 0.326 e. The summed E-state index contributed by atoms with van der Waals surface area (Å²) >= 11 is 0. The van der Waals surface area contributed by atoms with Crippen LogP contribution in [0.15, 0.2) is 12.5 Å². The number of carbonyl (C=O) groups is 4. The Hall–Kier alpha value is -2.95. The molecule has 1 aromatic heterocycles. The lowest BCUT2D eigenvalue weighted by atomic mass is 10.0. The van der Waals surface area contributed by atoms with Crippen LogP contribution in [0.1, 0.15) is 45.2 Å². The lowest BCUT2D eigenvalue weighted by molar-refractivity contribution is -0.145. The Balaban J connectivity index is 1.66. The normalized spacial score (nSPS) is 22.5. The minimum Gasteiger partial charge on any atom is -0.480 e. The fraction of sp³-hybridized carbons (Fsp3) is 0.667. The first-order valence-electron chi connectivity index (χ1n) is 11.1. The average molecular weight is 449 g/mol. The standard InChI is InChI=1S/C21H32N6O5/c1-12(2)17(26-18(28)14-5-3-7-23-14)20(30)27-8-4-6-16(27)19(29)25-15(21(31)32)9-13-10-22-11-24-13/h10-12,14-17,23H,3-9H2,1-2H3,(H,22,24)(H,25,29)(H,26,28)(H,31,32). The monoisotopic (exact) mass is 448 g/mol. The van der Waals surface area contributed by atoms with Crippen molar-refractivity contribution in [1.29, 1.82) is 0 Å². The second-order valence-corrected chi connectivity index (χ2v) is 8.75. The van der Waals surface area contributed by atoms with Gasteiger partial charge in [-0.05, 0) is 38.1 Å². The average Bonchev–Trinajstić information content (AvgIpc) is 3.52. The molecule has 2 saturated heterocycles. The highest BCUT2D eigenvalue weighted by atomic mass is 16.4. The van der Waals surface area contributed by atoms with Gasteiger partial charge in [0, 0.05) is 24.9 Å². The molecule has 1 aromatic rings. The number of likely N-dealkylation sites (tertiary alicyclic amines) is 1. The molecule has 0 saturated carbocycles. The molecule has 0 spiro atoms. The number of nitrogens with zero attached hydrogens (tertiary/aromatic N) is 2. The quantitative estimate of drug-likeness (QED) is 0.338. The van der Waals surface area contributed by atoms with E-state index in [1.165, 1.54) is 17.4 Å². The van der Waals surface area contributed by atoms with Gasteiger partial charge in [0.15, 0.2) is 0 Å². The van der Waals surface area contributed by atoms with Crippen LogP contribution in [0.4, 0.5) is 0 Å². The van der Waals surface area contributed by atoms with Crippen LogP contribution in [0.3, 0.4) is 0 Å². The van der Waals surface area contributed by atoms with Gasteiger partial charge in [-0.1, -0.05) is 13.8 Å². The number of nitrogens with one attached hydrogen (secondary N) is 4. The number of carbonyl (C=O) groups excluding carboxylic acids is 3. The molecule has 3 rings (SSSR count). The predicted octanol–water partition coefficient (Wildman–Crippen LogP) is -0.595. The number of hydrogen-bond donors (Lipinski definition) is 5. The maximum Gasteiger partial charge on any atom is 0.326 e. The Morgan fingerprint density at radius 2 is 1.97 bits per heavy atom. The van der Waals surface area contributed by atoms with Gasteiger partial charge < -0.3 is 30.9 Å². The number of carboxylic acid groups (broad SMARTS) is 1. The van der Waals surface area contributed by atoms with Crippen LogP contribution < -0.4 is 16.0 Å². The van der Waals surface area contributed by atoms with Gasteiger partial charge in [0.05, 0.1) is 12.4 Å². The van der Waals surface area contributed by atoms with Crippen molar-refractivity contribution in [2.75, 3.05) is 13.1 Å². The van der Waals surface area contributed by atoms with E-state index in [2.05, 4.69) is 25.9 Å². The van der Waals surface area contributed by atoms with Crippen LogP contribution in [0.5, 0.6) is 0 Å². The Kier molecular flexibility index (Phi) is 7.84. The van der Waals surface area contributed by atoms with E-state index >= 15 is 0 Å². The Morgan fingerprint density at radius 3 is 2.56 bits per heavy atom. The highest BCUT2D eigenvalue weighted by Crippen LogP contribution is 2.21. The van der Waals surface area contributed by atoms with Gasteiger partial charge >= 0.3 is 5.97 Å². The largest absolute Gasteiger partial charge is 0.480 e. The lowest BCUT2D eigenvalue weighted by Gasteiger charge is -2.31. The van der Waals surface area contributed by atoms with E-state index in [0.29, 0.717) is 25.1 Å². The van der Waals surface area contributed by atoms with Crippen molar-refractivity contribution in [3.05, 3.63) is 18.2 Å². The number of aromatic amines is 1. The fourth-order valence-corrected chi connectivity index (χ4v) is 4.24. The van der Waals surface area contributed by atoms with Crippen molar-refractivity contribution in [3.63, 3.8) is 0 Å². The molecule has 5 N–H and O–H groups in total. The highest BCUT2D eigenvalue weighted by molar-refractivity contribution is 5.94. The second-order valence-electron chi connectivity index (χ2n) is 8.75.